The molecule has 0 fully saturated rings. The molecule has 0 saturated carbocycles. The van der Waals surface area contributed by atoms with Gasteiger partial charge in [0.05, 0.1) is 19.0 Å². The van der Waals surface area contributed by atoms with Crippen LogP contribution in [0.3, 0.4) is 0 Å². The van der Waals surface area contributed by atoms with E-state index in [1.165, 1.54) is 17.0 Å². The molecule has 1 atom stereocenters. The SMILES string of the molecule is Cc1cc(N(CCC#N)C(=O)CNC(C)c2ccc(F)cc2F)ccc1Cl. The minimum Gasteiger partial charge on any atom is -0.310 e. The van der Waals surface area contributed by atoms with Crippen molar-refractivity contribution in [2.45, 2.75) is 26.3 Å². The van der Waals surface area contributed by atoms with Gasteiger partial charge in [-0.25, -0.2) is 8.78 Å². The zero-order valence-corrected chi connectivity index (χ0v) is 15.9. The molecule has 0 heterocycles. The van der Waals surface area contributed by atoms with Crippen molar-refractivity contribution in [2.24, 2.45) is 0 Å². The van der Waals surface area contributed by atoms with E-state index in [-0.39, 0.29) is 31.0 Å². The lowest BCUT2D eigenvalue weighted by Crippen LogP contribution is -2.39. The van der Waals surface area contributed by atoms with Crippen molar-refractivity contribution < 1.29 is 13.6 Å². The molecule has 7 heteroatoms. The van der Waals surface area contributed by atoms with Gasteiger partial charge in [-0.3, -0.25) is 4.79 Å². The quantitative estimate of drug-likeness (QED) is 0.754. The van der Waals surface area contributed by atoms with Crippen LogP contribution in [0.2, 0.25) is 5.02 Å². The molecular formula is C20H20ClF2N3O. The molecule has 4 nitrogen and oxygen atoms in total. The Bertz CT molecular complexity index is 867. The van der Waals surface area contributed by atoms with Crippen molar-refractivity contribution in [3.8, 4) is 6.07 Å². The number of carbonyl (C=O) groups is 1. The Labute approximate surface area is 162 Å². The van der Waals surface area contributed by atoms with Gasteiger partial charge in [0, 0.05) is 34.9 Å². The maximum absolute atomic E-state index is 13.9. The van der Waals surface area contributed by atoms with Crippen molar-refractivity contribution in [3.05, 3.63) is 64.2 Å². The average molecular weight is 392 g/mol. The highest BCUT2D eigenvalue weighted by atomic mass is 35.5. The smallest absolute Gasteiger partial charge is 0.240 e. The lowest BCUT2D eigenvalue weighted by Gasteiger charge is -2.24. The van der Waals surface area contributed by atoms with E-state index in [0.717, 1.165) is 11.6 Å². The number of amides is 1. The fourth-order valence-corrected chi connectivity index (χ4v) is 2.77. The van der Waals surface area contributed by atoms with Gasteiger partial charge in [-0.1, -0.05) is 17.7 Å². The van der Waals surface area contributed by atoms with Gasteiger partial charge in [0.25, 0.3) is 0 Å². The van der Waals surface area contributed by atoms with Crippen molar-refractivity contribution in [1.82, 2.24) is 5.32 Å². The van der Waals surface area contributed by atoms with E-state index in [2.05, 4.69) is 5.32 Å². The van der Waals surface area contributed by atoms with Crippen LogP contribution in [0.25, 0.3) is 0 Å². The number of nitrogens with zero attached hydrogens (tertiary/aromatic N) is 2. The molecule has 1 amide bonds. The van der Waals surface area contributed by atoms with Crippen molar-refractivity contribution in [2.75, 3.05) is 18.0 Å². The number of nitriles is 1. The first-order valence-corrected chi connectivity index (χ1v) is 8.83. The third-order valence-electron chi connectivity index (χ3n) is 4.19. The number of carbonyl (C=O) groups excluding carboxylic acids is 1. The zero-order chi connectivity index (χ0) is 20.0. The molecule has 2 aromatic rings. The van der Waals surface area contributed by atoms with Gasteiger partial charge in [0.15, 0.2) is 0 Å². The summed E-state index contributed by atoms with van der Waals surface area (Å²) in [5.41, 5.74) is 1.73. The second kappa shape index (κ2) is 9.45. The number of anilines is 1. The molecule has 2 rings (SSSR count). The molecule has 142 valence electrons. The largest absolute Gasteiger partial charge is 0.310 e. The van der Waals surface area contributed by atoms with Crippen LogP contribution in [-0.4, -0.2) is 19.0 Å². The molecule has 0 saturated heterocycles. The third-order valence-corrected chi connectivity index (χ3v) is 4.61. The third kappa shape index (κ3) is 5.49. The van der Waals surface area contributed by atoms with Crippen molar-refractivity contribution >= 4 is 23.2 Å². The van der Waals surface area contributed by atoms with Gasteiger partial charge >= 0.3 is 0 Å². The fourth-order valence-electron chi connectivity index (χ4n) is 2.65. The monoisotopic (exact) mass is 391 g/mol. The van der Waals surface area contributed by atoms with E-state index in [1.54, 1.807) is 25.1 Å². The topological polar surface area (TPSA) is 56.1 Å². The summed E-state index contributed by atoms with van der Waals surface area (Å²) in [4.78, 5) is 14.2. The van der Waals surface area contributed by atoms with Crippen LogP contribution in [0.4, 0.5) is 14.5 Å². The molecule has 0 aliphatic heterocycles. The van der Waals surface area contributed by atoms with Gasteiger partial charge in [0.2, 0.25) is 5.91 Å². The maximum Gasteiger partial charge on any atom is 0.240 e. The summed E-state index contributed by atoms with van der Waals surface area (Å²) in [6, 6.07) is 10.1. The fraction of sp³-hybridized carbons (Fsp3) is 0.300. The second-order valence-corrected chi connectivity index (χ2v) is 6.56. The lowest BCUT2D eigenvalue weighted by molar-refractivity contribution is -0.117. The normalized spacial score (nSPS) is 11.7. The summed E-state index contributed by atoms with van der Waals surface area (Å²) >= 11 is 6.04. The second-order valence-electron chi connectivity index (χ2n) is 6.16. The van der Waals surface area contributed by atoms with Gasteiger partial charge in [-0.15, -0.1) is 0 Å². The molecule has 2 aromatic carbocycles. The van der Waals surface area contributed by atoms with Gasteiger partial charge in [0.1, 0.15) is 11.6 Å². The van der Waals surface area contributed by atoms with Gasteiger partial charge in [-0.2, -0.15) is 5.26 Å². The van der Waals surface area contributed by atoms with E-state index >= 15 is 0 Å². The Morgan fingerprint density at radius 3 is 2.67 bits per heavy atom. The minimum absolute atomic E-state index is 0.0644. The Kier molecular flexibility index (Phi) is 7.28. The Morgan fingerprint density at radius 1 is 1.30 bits per heavy atom. The number of halogens is 3. The van der Waals surface area contributed by atoms with Crippen molar-refractivity contribution in [1.29, 1.82) is 5.26 Å². The number of aryl methyl sites for hydroxylation is 1. The van der Waals surface area contributed by atoms with E-state index in [4.69, 9.17) is 16.9 Å². The van der Waals surface area contributed by atoms with Crippen LogP contribution in [0.15, 0.2) is 36.4 Å². The number of hydrogen-bond acceptors (Lipinski definition) is 3. The van der Waals surface area contributed by atoms with Crippen LogP contribution in [0.5, 0.6) is 0 Å². The minimum atomic E-state index is -0.669. The number of benzene rings is 2. The van der Waals surface area contributed by atoms with Crippen LogP contribution in [0.1, 0.15) is 30.5 Å². The maximum atomic E-state index is 13.9. The highest BCUT2D eigenvalue weighted by Gasteiger charge is 2.18. The molecule has 0 aliphatic rings. The Morgan fingerprint density at radius 2 is 2.04 bits per heavy atom. The van der Waals surface area contributed by atoms with Crippen LogP contribution in [0, 0.1) is 29.9 Å². The predicted octanol–water partition coefficient (Wildman–Crippen LogP) is 4.52. The van der Waals surface area contributed by atoms with E-state index in [1.807, 2.05) is 13.0 Å². The summed E-state index contributed by atoms with van der Waals surface area (Å²) in [5, 5.41) is 12.4. The zero-order valence-electron chi connectivity index (χ0n) is 15.1. The first-order valence-electron chi connectivity index (χ1n) is 8.45. The summed E-state index contributed by atoms with van der Waals surface area (Å²) in [6.45, 7) is 3.69. The van der Waals surface area contributed by atoms with Gasteiger partial charge in [-0.05, 0) is 43.7 Å². The Hall–Kier alpha value is -2.49. The molecule has 0 bridgehead atoms. The summed E-state index contributed by atoms with van der Waals surface area (Å²) in [6.07, 6.45) is 0.176. The predicted molar refractivity (Wildman–Crippen MR) is 102 cm³/mol. The molecule has 0 radical (unpaired) electrons. The number of nitrogens with one attached hydrogen (secondary N) is 1. The summed E-state index contributed by atoms with van der Waals surface area (Å²) in [7, 11) is 0. The average Bonchev–Trinajstić information content (AvgIpc) is 2.62. The lowest BCUT2D eigenvalue weighted by atomic mass is 10.1. The standard InChI is InChI=1S/C20H20ClF2N3O/c1-13-10-16(5-7-18(13)21)26(9-3-8-24)20(27)12-25-14(2)17-6-4-15(22)11-19(17)23/h4-7,10-11,14,25H,3,9,12H2,1-2H3. The highest BCUT2D eigenvalue weighted by molar-refractivity contribution is 6.31. The van der Waals surface area contributed by atoms with E-state index in [9.17, 15) is 13.6 Å². The molecule has 1 unspecified atom stereocenters. The molecule has 1 N–H and O–H groups in total. The van der Waals surface area contributed by atoms with Crippen molar-refractivity contribution in [3.63, 3.8) is 0 Å². The molecule has 0 aliphatic carbocycles. The van der Waals surface area contributed by atoms with Crippen LogP contribution < -0.4 is 10.2 Å². The number of hydrogen-bond donors (Lipinski definition) is 1. The summed E-state index contributed by atoms with van der Waals surface area (Å²) < 4.78 is 26.9. The number of rotatable bonds is 7. The van der Waals surface area contributed by atoms with Gasteiger partial charge < -0.3 is 10.2 Å². The summed E-state index contributed by atoms with van der Waals surface area (Å²) in [5.74, 6) is -1.58. The van der Waals surface area contributed by atoms with E-state index < -0.39 is 17.7 Å². The molecule has 27 heavy (non-hydrogen) atoms. The molecular weight excluding hydrogens is 372 g/mol. The van der Waals surface area contributed by atoms with Crippen LogP contribution in [-0.2, 0) is 4.79 Å². The van der Waals surface area contributed by atoms with Crippen LogP contribution >= 0.6 is 11.6 Å². The molecule has 0 spiro atoms. The first kappa shape index (κ1) is 20.8. The molecule has 0 aromatic heterocycles. The first-order chi connectivity index (χ1) is 12.8. The van der Waals surface area contributed by atoms with E-state index in [0.29, 0.717) is 10.7 Å². The Balaban J connectivity index is 2.11. The highest BCUT2D eigenvalue weighted by Crippen LogP contribution is 2.23.